The van der Waals surface area contributed by atoms with Gasteiger partial charge >= 0.3 is 12.2 Å². The number of carbonyl (C=O) groups is 1. The van der Waals surface area contributed by atoms with Crippen molar-refractivity contribution in [2.45, 2.75) is 30.8 Å². The molecular formula is C19H33F4NO10. The topological polar surface area (TPSA) is 148 Å². The van der Waals surface area contributed by atoms with Crippen LogP contribution in [0.3, 0.4) is 0 Å². The fourth-order valence-electron chi connectivity index (χ4n) is 1.98. The molecule has 4 N–H and O–H groups in total. The molecule has 0 heterocycles. The van der Waals surface area contributed by atoms with Crippen molar-refractivity contribution in [2.75, 3.05) is 72.9 Å². The van der Waals surface area contributed by atoms with Gasteiger partial charge in [-0.05, 0) is 0 Å². The Morgan fingerprint density at radius 2 is 1.32 bits per heavy atom. The van der Waals surface area contributed by atoms with Crippen LogP contribution in [-0.4, -0.2) is 113 Å². The minimum atomic E-state index is -4.34. The van der Waals surface area contributed by atoms with E-state index in [0.29, 0.717) is 0 Å². The van der Waals surface area contributed by atoms with Gasteiger partial charge in [0.15, 0.2) is 0 Å². The van der Waals surface area contributed by atoms with Gasteiger partial charge in [-0.1, -0.05) is 6.08 Å². The number of carbonyl (C=O) groups excluding carboxylic acids is 1. The Morgan fingerprint density at radius 1 is 0.824 bits per heavy atom. The number of halogens is 4. The Morgan fingerprint density at radius 3 is 1.91 bits per heavy atom. The van der Waals surface area contributed by atoms with Gasteiger partial charge in [-0.3, -0.25) is 9.53 Å². The van der Waals surface area contributed by atoms with Crippen molar-refractivity contribution in [1.29, 1.82) is 0 Å². The number of hydrogen-bond donors (Lipinski definition) is 3. The predicted molar refractivity (Wildman–Crippen MR) is 107 cm³/mol. The van der Waals surface area contributed by atoms with E-state index in [-0.39, 0.29) is 52.7 Å². The van der Waals surface area contributed by atoms with E-state index in [4.69, 9.17) is 24.7 Å². The van der Waals surface area contributed by atoms with Gasteiger partial charge in [0.25, 0.3) is 0 Å². The van der Waals surface area contributed by atoms with Crippen molar-refractivity contribution in [2.24, 2.45) is 5.73 Å². The number of alkyl halides is 4. The summed E-state index contributed by atoms with van der Waals surface area (Å²) < 4.78 is 86.1. The summed E-state index contributed by atoms with van der Waals surface area (Å²) in [4.78, 5) is 10.5. The summed E-state index contributed by atoms with van der Waals surface area (Å²) >= 11 is 0. The second-order valence-electron chi connectivity index (χ2n) is 6.77. The highest BCUT2D eigenvalue weighted by atomic mass is 19.3. The van der Waals surface area contributed by atoms with Crippen LogP contribution in [0.25, 0.3) is 0 Å². The van der Waals surface area contributed by atoms with Crippen molar-refractivity contribution in [1.82, 2.24) is 0 Å². The summed E-state index contributed by atoms with van der Waals surface area (Å²) in [5, 5.41) is 19.0. The molecule has 0 bridgehead atoms. The smallest absolute Gasteiger partial charge is 0.383 e. The Bertz CT molecular complexity index is 545. The molecule has 34 heavy (non-hydrogen) atoms. The van der Waals surface area contributed by atoms with Gasteiger partial charge in [0.1, 0.15) is 32.2 Å². The lowest BCUT2D eigenvalue weighted by atomic mass is 10.4. The average Bonchev–Trinajstić information content (AvgIpc) is 2.72. The predicted octanol–water partition coefficient (Wildman–Crippen LogP) is 0.0289. The Balaban J connectivity index is 3.80. The van der Waals surface area contributed by atoms with E-state index >= 15 is 0 Å². The average molecular weight is 511 g/mol. The van der Waals surface area contributed by atoms with Crippen LogP contribution < -0.4 is 5.73 Å². The van der Waals surface area contributed by atoms with Crippen LogP contribution in [0.4, 0.5) is 17.6 Å². The lowest BCUT2D eigenvalue weighted by Crippen LogP contribution is -2.40. The standard InChI is InChI=1S/C19H33F4NO10/c1-2-4-28-8-16(26)11-32-12-18(20,21)34-19(22,23)13-33-14-31-7-6-30-10-15(25)9-29-5-3-17(24)27/h2,15-16,25-26H,1,3-14H2,(H2,24,27). The first kappa shape index (κ1) is 32.6. The van der Waals surface area contributed by atoms with Crippen LogP contribution in [-0.2, 0) is 38.0 Å². The summed E-state index contributed by atoms with van der Waals surface area (Å²) in [6.07, 6.45) is -9.43. The molecule has 0 aliphatic heterocycles. The van der Waals surface area contributed by atoms with Crippen LogP contribution in [0.15, 0.2) is 12.7 Å². The van der Waals surface area contributed by atoms with Gasteiger partial charge in [0, 0.05) is 6.42 Å². The molecule has 0 radical (unpaired) electrons. The summed E-state index contributed by atoms with van der Waals surface area (Å²) in [6, 6.07) is 0. The van der Waals surface area contributed by atoms with E-state index < -0.39 is 56.9 Å². The maximum Gasteiger partial charge on any atom is 0.383 e. The lowest BCUT2D eigenvalue weighted by Gasteiger charge is -2.24. The second kappa shape index (κ2) is 18.8. The van der Waals surface area contributed by atoms with Gasteiger partial charge in [0.05, 0.1) is 52.9 Å². The molecule has 0 aliphatic carbocycles. The molecule has 0 aromatic heterocycles. The quantitative estimate of drug-likeness (QED) is 0.0702. The highest BCUT2D eigenvalue weighted by Crippen LogP contribution is 2.27. The van der Waals surface area contributed by atoms with Crippen LogP contribution in [0.2, 0.25) is 0 Å². The Hall–Kier alpha value is -1.43. The first-order valence-corrected chi connectivity index (χ1v) is 10.1. The summed E-state index contributed by atoms with van der Waals surface area (Å²) in [7, 11) is 0. The molecule has 0 spiro atoms. The number of aliphatic hydroxyl groups is 2. The maximum absolute atomic E-state index is 13.5. The van der Waals surface area contributed by atoms with E-state index in [2.05, 4.69) is 20.8 Å². The van der Waals surface area contributed by atoms with E-state index in [1.807, 2.05) is 0 Å². The maximum atomic E-state index is 13.5. The fourth-order valence-corrected chi connectivity index (χ4v) is 1.98. The highest BCUT2D eigenvalue weighted by Gasteiger charge is 2.44. The zero-order chi connectivity index (χ0) is 25.9. The van der Waals surface area contributed by atoms with Gasteiger partial charge < -0.3 is 44.4 Å². The molecule has 202 valence electrons. The Labute approximate surface area is 194 Å². The van der Waals surface area contributed by atoms with Gasteiger partial charge in [-0.2, -0.15) is 17.6 Å². The van der Waals surface area contributed by atoms with Crippen molar-refractivity contribution >= 4 is 5.91 Å². The number of ether oxygens (including phenoxy) is 7. The zero-order valence-electron chi connectivity index (χ0n) is 18.7. The summed E-state index contributed by atoms with van der Waals surface area (Å²) in [5.74, 6) is -0.533. The van der Waals surface area contributed by atoms with E-state index in [1.165, 1.54) is 6.08 Å². The monoisotopic (exact) mass is 511 g/mol. The molecule has 0 aromatic carbocycles. The third kappa shape index (κ3) is 21.1. The lowest BCUT2D eigenvalue weighted by molar-refractivity contribution is -0.396. The van der Waals surface area contributed by atoms with Crippen LogP contribution >= 0.6 is 0 Å². The first-order valence-electron chi connectivity index (χ1n) is 10.1. The van der Waals surface area contributed by atoms with Crippen LogP contribution in [0.1, 0.15) is 6.42 Å². The molecule has 0 aliphatic rings. The third-order valence-electron chi connectivity index (χ3n) is 3.35. The number of amides is 1. The number of aliphatic hydroxyl groups excluding tert-OH is 2. The van der Waals surface area contributed by atoms with E-state index in [1.54, 1.807) is 0 Å². The molecule has 1 amide bonds. The molecule has 2 unspecified atom stereocenters. The van der Waals surface area contributed by atoms with Crippen molar-refractivity contribution in [3.63, 3.8) is 0 Å². The molecule has 0 fully saturated rings. The molecule has 0 aromatic rings. The van der Waals surface area contributed by atoms with Gasteiger partial charge in [0.2, 0.25) is 5.91 Å². The molecule has 2 atom stereocenters. The highest BCUT2D eigenvalue weighted by molar-refractivity contribution is 5.73. The van der Waals surface area contributed by atoms with Crippen LogP contribution in [0, 0.1) is 0 Å². The van der Waals surface area contributed by atoms with Crippen molar-refractivity contribution < 1.29 is 65.7 Å². The first-order chi connectivity index (χ1) is 16.0. The normalized spacial score (nSPS) is 14.2. The second-order valence-corrected chi connectivity index (χ2v) is 6.77. The molecule has 11 nitrogen and oxygen atoms in total. The van der Waals surface area contributed by atoms with E-state index in [0.717, 1.165) is 0 Å². The minimum Gasteiger partial charge on any atom is -0.388 e. The number of hydrogen-bond acceptors (Lipinski definition) is 10. The summed E-state index contributed by atoms with van der Waals surface area (Å²) in [6.45, 7) is -1.18. The SMILES string of the molecule is C=CCOCC(O)COCC(F)(F)OC(F)(F)COCOCCOCC(O)COCCC(N)=O. The Kier molecular flexibility index (Phi) is 18.0. The molecule has 15 heteroatoms. The molecule has 0 saturated carbocycles. The third-order valence-corrected chi connectivity index (χ3v) is 3.35. The number of nitrogens with two attached hydrogens (primary N) is 1. The van der Waals surface area contributed by atoms with Crippen LogP contribution in [0.5, 0.6) is 0 Å². The molecule has 0 rings (SSSR count). The van der Waals surface area contributed by atoms with Gasteiger partial charge in [-0.15, -0.1) is 6.58 Å². The largest absolute Gasteiger partial charge is 0.388 e. The summed E-state index contributed by atoms with van der Waals surface area (Å²) in [5.41, 5.74) is 4.92. The minimum absolute atomic E-state index is 0.0194. The number of rotatable bonds is 24. The zero-order valence-corrected chi connectivity index (χ0v) is 18.7. The molecule has 0 saturated heterocycles. The van der Waals surface area contributed by atoms with E-state index in [9.17, 15) is 32.6 Å². The molecular weight excluding hydrogens is 478 g/mol. The number of primary amides is 1. The van der Waals surface area contributed by atoms with Crippen molar-refractivity contribution in [3.8, 4) is 0 Å². The van der Waals surface area contributed by atoms with Crippen molar-refractivity contribution in [3.05, 3.63) is 12.7 Å². The van der Waals surface area contributed by atoms with Gasteiger partial charge in [-0.25, -0.2) is 0 Å². The fraction of sp³-hybridized carbons (Fsp3) is 0.842.